The van der Waals surface area contributed by atoms with Crippen molar-refractivity contribution in [1.29, 1.82) is 0 Å². The molecule has 1 fully saturated rings. The van der Waals surface area contributed by atoms with Crippen LogP contribution in [0.1, 0.15) is 46.5 Å². The normalized spacial score (nSPS) is 26.9. The largest absolute Gasteiger partial charge is 0.378 e. The summed E-state index contributed by atoms with van der Waals surface area (Å²) in [4.78, 5) is 11.8. The van der Waals surface area contributed by atoms with Gasteiger partial charge in [-0.2, -0.15) is 0 Å². The van der Waals surface area contributed by atoms with E-state index in [0.29, 0.717) is 5.92 Å². The summed E-state index contributed by atoms with van der Waals surface area (Å²) in [5.41, 5.74) is 5.80. The smallest absolute Gasteiger partial charge is 0.237 e. The van der Waals surface area contributed by atoms with E-state index in [-0.39, 0.29) is 24.1 Å². The van der Waals surface area contributed by atoms with Crippen molar-refractivity contribution < 1.29 is 9.53 Å². The third kappa shape index (κ3) is 4.64. The molecule has 0 radical (unpaired) electrons. The first-order chi connectivity index (χ1) is 8.04. The first kappa shape index (κ1) is 14.5. The Morgan fingerprint density at radius 1 is 1.53 bits per heavy atom. The summed E-state index contributed by atoms with van der Waals surface area (Å²) in [5, 5.41) is 3.04. The van der Waals surface area contributed by atoms with E-state index in [1.54, 1.807) is 0 Å². The predicted octanol–water partition coefficient (Wildman–Crippen LogP) is 1.43. The highest BCUT2D eigenvalue weighted by molar-refractivity contribution is 5.81. The van der Waals surface area contributed by atoms with E-state index in [0.717, 1.165) is 32.3 Å². The monoisotopic (exact) mass is 242 g/mol. The number of amides is 1. The standard InChI is InChI=1S/C13H26N2O2/c1-4-5-11(14)13(16)15-10-6-7-17-12(8-10)9(2)3/h9-12H,4-8,14H2,1-3H3,(H,15,16). The third-order valence-electron chi connectivity index (χ3n) is 3.34. The average Bonchev–Trinajstić information content (AvgIpc) is 2.29. The summed E-state index contributed by atoms with van der Waals surface area (Å²) in [6.07, 6.45) is 3.76. The number of hydrogen-bond donors (Lipinski definition) is 2. The summed E-state index contributed by atoms with van der Waals surface area (Å²) in [6, 6.07) is -0.132. The van der Waals surface area contributed by atoms with Gasteiger partial charge in [0.2, 0.25) is 5.91 Å². The second kappa shape index (κ2) is 6.97. The number of nitrogens with two attached hydrogens (primary N) is 1. The van der Waals surface area contributed by atoms with Crippen molar-refractivity contribution in [3.05, 3.63) is 0 Å². The second-order valence-electron chi connectivity index (χ2n) is 5.28. The molecule has 100 valence electrons. The van der Waals surface area contributed by atoms with Gasteiger partial charge in [-0.1, -0.05) is 27.2 Å². The number of nitrogens with one attached hydrogen (secondary N) is 1. The van der Waals surface area contributed by atoms with Crippen LogP contribution in [0.3, 0.4) is 0 Å². The zero-order chi connectivity index (χ0) is 12.8. The molecule has 0 saturated carbocycles. The Morgan fingerprint density at radius 2 is 2.24 bits per heavy atom. The van der Waals surface area contributed by atoms with Crippen LogP contribution in [-0.2, 0) is 9.53 Å². The van der Waals surface area contributed by atoms with E-state index in [4.69, 9.17) is 10.5 Å². The Bertz CT molecular complexity index is 244. The summed E-state index contributed by atoms with van der Waals surface area (Å²) in [6.45, 7) is 7.07. The quantitative estimate of drug-likeness (QED) is 0.766. The molecule has 4 heteroatoms. The fourth-order valence-corrected chi connectivity index (χ4v) is 2.17. The molecule has 3 unspecified atom stereocenters. The van der Waals surface area contributed by atoms with E-state index in [2.05, 4.69) is 19.2 Å². The van der Waals surface area contributed by atoms with Crippen molar-refractivity contribution in [3.63, 3.8) is 0 Å². The maximum absolute atomic E-state index is 11.8. The molecule has 1 saturated heterocycles. The van der Waals surface area contributed by atoms with Crippen molar-refractivity contribution in [2.45, 2.75) is 64.6 Å². The molecule has 1 heterocycles. The van der Waals surface area contributed by atoms with Gasteiger partial charge in [-0.05, 0) is 25.2 Å². The van der Waals surface area contributed by atoms with Crippen LogP contribution in [0.5, 0.6) is 0 Å². The zero-order valence-corrected chi connectivity index (χ0v) is 11.2. The molecule has 0 aromatic rings. The zero-order valence-electron chi connectivity index (χ0n) is 11.2. The van der Waals surface area contributed by atoms with Crippen LogP contribution in [0.2, 0.25) is 0 Å². The fraction of sp³-hybridized carbons (Fsp3) is 0.923. The highest BCUT2D eigenvalue weighted by Crippen LogP contribution is 2.20. The lowest BCUT2D eigenvalue weighted by molar-refractivity contribution is -0.124. The first-order valence-corrected chi connectivity index (χ1v) is 6.72. The topological polar surface area (TPSA) is 64.4 Å². The molecular weight excluding hydrogens is 216 g/mol. The van der Waals surface area contributed by atoms with Gasteiger partial charge in [-0.3, -0.25) is 4.79 Å². The Labute approximate surface area is 104 Å². The average molecular weight is 242 g/mol. The van der Waals surface area contributed by atoms with Crippen molar-refractivity contribution in [2.24, 2.45) is 11.7 Å². The molecule has 0 aromatic heterocycles. The lowest BCUT2D eigenvalue weighted by Gasteiger charge is -2.32. The molecule has 17 heavy (non-hydrogen) atoms. The van der Waals surface area contributed by atoms with E-state index in [9.17, 15) is 4.79 Å². The Kier molecular flexibility index (Phi) is 5.92. The molecule has 1 aliphatic heterocycles. The van der Waals surface area contributed by atoms with Crippen molar-refractivity contribution in [2.75, 3.05) is 6.61 Å². The molecule has 1 rings (SSSR count). The number of carbonyl (C=O) groups is 1. The number of hydrogen-bond acceptors (Lipinski definition) is 3. The van der Waals surface area contributed by atoms with Crippen molar-refractivity contribution >= 4 is 5.91 Å². The summed E-state index contributed by atoms with van der Waals surface area (Å²) in [7, 11) is 0. The lowest BCUT2D eigenvalue weighted by atomic mass is 9.95. The minimum atomic E-state index is -0.361. The molecule has 3 N–H and O–H groups in total. The Balaban J connectivity index is 2.38. The number of carbonyl (C=O) groups excluding carboxylic acids is 1. The van der Waals surface area contributed by atoms with Gasteiger partial charge in [0, 0.05) is 12.6 Å². The van der Waals surface area contributed by atoms with Crippen LogP contribution in [0.4, 0.5) is 0 Å². The summed E-state index contributed by atoms with van der Waals surface area (Å²) in [5.74, 6) is 0.486. The van der Waals surface area contributed by atoms with Crippen LogP contribution in [-0.4, -0.2) is 30.7 Å². The molecule has 0 aromatic carbocycles. The van der Waals surface area contributed by atoms with E-state index in [1.165, 1.54) is 0 Å². The van der Waals surface area contributed by atoms with Gasteiger partial charge in [-0.15, -0.1) is 0 Å². The minimum Gasteiger partial charge on any atom is -0.378 e. The Morgan fingerprint density at radius 3 is 2.82 bits per heavy atom. The highest BCUT2D eigenvalue weighted by Gasteiger charge is 2.26. The van der Waals surface area contributed by atoms with Crippen LogP contribution < -0.4 is 11.1 Å². The van der Waals surface area contributed by atoms with Crippen LogP contribution >= 0.6 is 0 Å². The first-order valence-electron chi connectivity index (χ1n) is 6.72. The van der Waals surface area contributed by atoms with Crippen molar-refractivity contribution in [3.8, 4) is 0 Å². The highest BCUT2D eigenvalue weighted by atomic mass is 16.5. The molecule has 0 bridgehead atoms. The van der Waals surface area contributed by atoms with Crippen molar-refractivity contribution in [1.82, 2.24) is 5.32 Å². The number of ether oxygens (including phenoxy) is 1. The molecular formula is C13H26N2O2. The molecule has 1 amide bonds. The maximum atomic E-state index is 11.8. The third-order valence-corrected chi connectivity index (χ3v) is 3.34. The minimum absolute atomic E-state index is 0.0127. The van der Waals surface area contributed by atoms with Gasteiger partial charge < -0.3 is 15.8 Å². The van der Waals surface area contributed by atoms with Crippen LogP contribution in [0.15, 0.2) is 0 Å². The lowest BCUT2D eigenvalue weighted by Crippen LogP contribution is -2.49. The molecule has 4 nitrogen and oxygen atoms in total. The van der Waals surface area contributed by atoms with Gasteiger partial charge in [0.05, 0.1) is 12.1 Å². The maximum Gasteiger partial charge on any atom is 0.237 e. The summed E-state index contributed by atoms with van der Waals surface area (Å²) >= 11 is 0. The summed E-state index contributed by atoms with van der Waals surface area (Å²) < 4.78 is 5.68. The fourth-order valence-electron chi connectivity index (χ4n) is 2.17. The van der Waals surface area contributed by atoms with Gasteiger partial charge in [0.15, 0.2) is 0 Å². The second-order valence-corrected chi connectivity index (χ2v) is 5.28. The van der Waals surface area contributed by atoms with E-state index < -0.39 is 0 Å². The molecule has 0 spiro atoms. The number of rotatable bonds is 5. The molecule has 1 aliphatic rings. The molecule has 3 atom stereocenters. The van der Waals surface area contributed by atoms with Gasteiger partial charge in [0.1, 0.15) is 0 Å². The SMILES string of the molecule is CCCC(N)C(=O)NC1CCOC(C(C)C)C1. The molecule has 0 aliphatic carbocycles. The Hall–Kier alpha value is -0.610. The predicted molar refractivity (Wildman–Crippen MR) is 68.6 cm³/mol. The van der Waals surface area contributed by atoms with E-state index in [1.807, 2.05) is 6.92 Å². The van der Waals surface area contributed by atoms with Gasteiger partial charge in [0.25, 0.3) is 0 Å². The van der Waals surface area contributed by atoms with Crippen LogP contribution in [0, 0.1) is 5.92 Å². The van der Waals surface area contributed by atoms with E-state index >= 15 is 0 Å². The van der Waals surface area contributed by atoms with Gasteiger partial charge >= 0.3 is 0 Å². The van der Waals surface area contributed by atoms with Crippen LogP contribution in [0.25, 0.3) is 0 Å². The van der Waals surface area contributed by atoms with Gasteiger partial charge in [-0.25, -0.2) is 0 Å².